The molecule has 258 valence electrons. The molecule has 5 N–H and O–H groups in total. The zero-order valence-corrected chi connectivity index (χ0v) is 28.5. The SMILES string of the molecule is CCCCOC[C@@]1(CNC(=S)NC(=O)OCC2c3ccccc3-c3ccccc32)O[C@@H](n2cc(C)c(=O)[nH]c2=O)C(N)C1OCCCC. The van der Waals surface area contributed by atoms with Crippen LogP contribution in [-0.2, 0) is 18.9 Å². The number of carbonyl (C=O) groups excluding carboxylic acids is 1. The Labute approximate surface area is 285 Å². The Hall–Kier alpha value is -3.88. The van der Waals surface area contributed by atoms with Gasteiger partial charge in [-0.2, -0.15) is 0 Å². The number of amides is 1. The maximum Gasteiger partial charge on any atom is 0.413 e. The molecule has 12 nitrogen and oxygen atoms in total. The first-order valence-electron chi connectivity index (χ1n) is 16.5. The van der Waals surface area contributed by atoms with Crippen molar-refractivity contribution in [2.24, 2.45) is 5.73 Å². The van der Waals surface area contributed by atoms with E-state index < -0.39 is 41.3 Å². The molecule has 2 aromatic carbocycles. The summed E-state index contributed by atoms with van der Waals surface area (Å²) in [5.74, 6) is -0.0977. The summed E-state index contributed by atoms with van der Waals surface area (Å²) in [6, 6.07) is 15.4. The van der Waals surface area contributed by atoms with Crippen LogP contribution in [0.2, 0.25) is 0 Å². The highest BCUT2D eigenvalue weighted by molar-refractivity contribution is 7.80. The van der Waals surface area contributed by atoms with E-state index in [4.69, 9.17) is 36.9 Å². The first-order chi connectivity index (χ1) is 23.2. The summed E-state index contributed by atoms with van der Waals surface area (Å²) in [6.45, 7) is 6.85. The molecule has 1 amide bonds. The number of alkyl carbamates (subject to hydrolysis) is 1. The number of hydrogen-bond donors (Lipinski definition) is 4. The van der Waals surface area contributed by atoms with E-state index >= 15 is 0 Å². The fourth-order valence-corrected chi connectivity index (χ4v) is 6.48. The molecule has 0 radical (unpaired) electrons. The number of H-pyrrole nitrogens is 1. The number of aromatic amines is 1. The molecule has 0 bridgehead atoms. The highest BCUT2D eigenvalue weighted by Gasteiger charge is 2.56. The second-order valence-electron chi connectivity index (χ2n) is 12.3. The molecule has 2 unspecified atom stereocenters. The molecule has 1 aliphatic heterocycles. The number of aryl methyl sites for hydroxylation is 1. The minimum atomic E-state index is -1.21. The number of aromatic nitrogens is 2. The third-order valence-corrected chi connectivity index (χ3v) is 9.11. The molecular formula is C35H45N5O7S. The molecule has 0 saturated carbocycles. The second-order valence-corrected chi connectivity index (χ2v) is 12.7. The molecule has 48 heavy (non-hydrogen) atoms. The van der Waals surface area contributed by atoms with Gasteiger partial charge in [-0.1, -0.05) is 75.2 Å². The van der Waals surface area contributed by atoms with Crippen LogP contribution in [0.4, 0.5) is 4.79 Å². The van der Waals surface area contributed by atoms with Crippen LogP contribution in [0.25, 0.3) is 11.1 Å². The maximum atomic E-state index is 13.0. The van der Waals surface area contributed by atoms with Gasteiger partial charge in [0.1, 0.15) is 18.3 Å². The summed E-state index contributed by atoms with van der Waals surface area (Å²) in [7, 11) is 0. The Kier molecular flexibility index (Phi) is 11.8. The van der Waals surface area contributed by atoms with Crippen LogP contribution in [0, 0.1) is 6.92 Å². The molecule has 13 heteroatoms. The Balaban J connectivity index is 1.29. The van der Waals surface area contributed by atoms with Gasteiger partial charge in [-0.15, -0.1) is 0 Å². The number of unbranched alkanes of at least 4 members (excludes halogenated alkanes) is 2. The normalized spacial score (nSPS) is 21.5. The Bertz CT molecular complexity index is 1670. The van der Waals surface area contributed by atoms with E-state index in [1.807, 2.05) is 24.3 Å². The fourth-order valence-electron chi connectivity index (χ4n) is 6.32. The van der Waals surface area contributed by atoms with Crippen molar-refractivity contribution in [1.82, 2.24) is 20.2 Å². The van der Waals surface area contributed by atoms with Crippen LogP contribution in [-0.4, -0.2) is 71.5 Å². The van der Waals surface area contributed by atoms with Crippen LogP contribution >= 0.6 is 12.2 Å². The largest absolute Gasteiger partial charge is 0.448 e. The minimum absolute atomic E-state index is 0.0186. The lowest BCUT2D eigenvalue weighted by molar-refractivity contribution is -0.149. The fraction of sp³-hybridized carbons (Fsp3) is 0.486. The van der Waals surface area contributed by atoms with Crippen molar-refractivity contribution < 1.29 is 23.7 Å². The molecule has 1 aromatic heterocycles. The summed E-state index contributed by atoms with van der Waals surface area (Å²) in [5.41, 5.74) is 9.21. The maximum absolute atomic E-state index is 13.0. The highest BCUT2D eigenvalue weighted by Crippen LogP contribution is 2.44. The Morgan fingerprint density at radius 2 is 1.69 bits per heavy atom. The van der Waals surface area contributed by atoms with Crippen molar-refractivity contribution in [2.75, 3.05) is 33.0 Å². The van der Waals surface area contributed by atoms with E-state index in [1.54, 1.807) is 6.92 Å². The van der Waals surface area contributed by atoms with Crippen LogP contribution in [0.1, 0.15) is 68.4 Å². The lowest BCUT2D eigenvalue weighted by Crippen LogP contribution is -2.58. The molecule has 2 heterocycles. The lowest BCUT2D eigenvalue weighted by atomic mass is 9.94. The molecule has 1 fully saturated rings. The summed E-state index contributed by atoms with van der Waals surface area (Å²) in [5, 5.41) is 5.71. The number of carbonyl (C=O) groups is 1. The van der Waals surface area contributed by atoms with E-state index in [1.165, 1.54) is 10.8 Å². The van der Waals surface area contributed by atoms with Crippen LogP contribution in [0.15, 0.2) is 64.3 Å². The monoisotopic (exact) mass is 679 g/mol. The standard InChI is InChI=1S/C35H45N5O7S/c1-4-6-16-44-21-35(29(45-17-7-5-2)28(36)31(47-35)40-18-22(3)30(41)38-33(40)42)20-37-32(48)39-34(43)46-19-27-25-14-10-8-12-23(25)24-13-9-11-15-26(24)27/h8-15,18,27-29,31H,4-7,16-17,19-21,36H2,1-3H3,(H,38,41,42)(H2,37,39,43,48)/t28?,29?,31-,35-/m1/s1. The van der Waals surface area contributed by atoms with Gasteiger partial charge in [0, 0.05) is 30.9 Å². The predicted octanol–water partition coefficient (Wildman–Crippen LogP) is 3.86. The van der Waals surface area contributed by atoms with Crippen molar-refractivity contribution in [3.8, 4) is 11.1 Å². The van der Waals surface area contributed by atoms with Crippen molar-refractivity contribution in [3.63, 3.8) is 0 Å². The van der Waals surface area contributed by atoms with Gasteiger partial charge in [0.25, 0.3) is 5.56 Å². The van der Waals surface area contributed by atoms with Crippen molar-refractivity contribution in [3.05, 3.63) is 92.3 Å². The van der Waals surface area contributed by atoms with E-state index in [0.29, 0.717) is 18.8 Å². The number of fused-ring (bicyclic) bond motifs is 3. The van der Waals surface area contributed by atoms with Crippen molar-refractivity contribution in [1.29, 1.82) is 0 Å². The van der Waals surface area contributed by atoms with Crippen LogP contribution in [0.3, 0.4) is 0 Å². The topological polar surface area (TPSA) is 159 Å². The number of thiocarbonyl (C=S) groups is 1. The quantitative estimate of drug-likeness (QED) is 0.146. The van der Waals surface area contributed by atoms with E-state index in [2.05, 4.69) is 53.7 Å². The summed E-state index contributed by atoms with van der Waals surface area (Å²) in [4.78, 5) is 40.3. The van der Waals surface area contributed by atoms with Crippen LogP contribution < -0.4 is 27.6 Å². The third kappa shape index (κ3) is 7.71. The first-order valence-corrected chi connectivity index (χ1v) is 16.9. The highest BCUT2D eigenvalue weighted by atomic mass is 32.1. The average Bonchev–Trinajstić information content (AvgIpc) is 3.54. The third-order valence-electron chi connectivity index (χ3n) is 8.86. The first kappa shape index (κ1) is 35.4. The van der Waals surface area contributed by atoms with Gasteiger partial charge >= 0.3 is 11.8 Å². The summed E-state index contributed by atoms with van der Waals surface area (Å²) in [6.07, 6.45) is 2.49. The molecule has 1 saturated heterocycles. The van der Waals surface area contributed by atoms with Crippen LogP contribution in [0.5, 0.6) is 0 Å². The number of nitrogens with zero attached hydrogens (tertiary/aromatic N) is 1. The zero-order valence-electron chi connectivity index (χ0n) is 27.7. The number of nitrogens with two attached hydrogens (primary N) is 1. The Morgan fingerprint density at radius 3 is 2.35 bits per heavy atom. The van der Waals surface area contributed by atoms with E-state index in [9.17, 15) is 14.4 Å². The zero-order chi connectivity index (χ0) is 34.3. The number of nitrogens with one attached hydrogen (secondary N) is 3. The van der Waals surface area contributed by atoms with Gasteiger partial charge in [0.05, 0.1) is 19.2 Å². The van der Waals surface area contributed by atoms with Crippen molar-refractivity contribution >= 4 is 23.4 Å². The molecular weight excluding hydrogens is 634 g/mol. The number of hydrogen-bond acceptors (Lipinski definition) is 9. The molecule has 5 rings (SSSR count). The van der Waals surface area contributed by atoms with Gasteiger partial charge in [0.2, 0.25) is 0 Å². The summed E-state index contributed by atoms with van der Waals surface area (Å²) < 4.78 is 25.9. The van der Waals surface area contributed by atoms with Gasteiger partial charge < -0.3 is 30.0 Å². The second kappa shape index (κ2) is 16.0. The average molecular weight is 680 g/mol. The van der Waals surface area contributed by atoms with Gasteiger partial charge in [-0.3, -0.25) is 19.7 Å². The number of ether oxygens (including phenoxy) is 4. The lowest BCUT2D eigenvalue weighted by Gasteiger charge is -2.35. The van der Waals surface area contributed by atoms with E-state index in [0.717, 1.165) is 47.9 Å². The molecule has 4 atom stereocenters. The predicted molar refractivity (Wildman–Crippen MR) is 186 cm³/mol. The van der Waals surface area contributed by atoms with Crippen molar-refractivity contribution in [2.45, 2.75) is 76.3 Å². The van der Waals surface area contributed by atoms with Gasteiger partial charge in [-0.05, 0) is 54.2 Å². The van der Waals surface area contributed by atoms with E-state index in [-0.39, 0.29) is 30.8 Å². The number of rotatable bonds is 14. The number of benzene rings is 2. The molecule has 2 aliphatic rings. The van der Waals surface area contributed by atoms with Gasteiger partial charge in [0.15, 0.2) is 11.3 Å². The molecule has 0 spiro atoms. The smallest absolute Gasteiger partial charge is 0.413 e. The molecule has 3 aromatic rings. The van der Waals surface area contributed by atoms with Gasteiger partial charge in [-0.25, -0.2) is 9.59 Å². The summed E-state index contributed by atoms with van der Waals surface area (Å²) >= 11 is 5.51. The Morgan fingerprint density at radius 1 is 1.04 bits per heavy atom. The minimum Gasteiger partial charge on any atom is -0.448 e. The molecule has 1 aliphatic carbocycles.